The summed E-state index contributed by atoms with van der Waals surface area (Å²) >= 11 is 0. The highest BCUT2D eigenvalue weighted by Crippen LogP contribution is 2.21. The van der Waals surface area contributed by atoms with Gasteiger partial charge in [-0.25, -0.2) is 4.79 Å². The fraction of sp³-hybridized carbons (Fsp3) is 0.389. The van der Waals surface area contributed by atoms with Crippen LogP contribution in [0.3, 0.4) is 0 Å². The number of aliphatic hydroxyl groups is 1. The lowest BCUT2D eigenvalue weighted by molar-refractivity contribution is 0.158. The van der Waals surface area contributed by atoms with Gasteiger partial charge >= 0.3 is 5.69 Å². The van der Waals surface area contributed by atoms with E-state index in [1.165, 1.54) is 11.6 Å². The molecule has 0 amide bonds. The molecule has 0 fully saturated rings. The van der Waals surface area contributed by atoms with E-state index in [0.717, 1.165) is 16.6 Å². The number of hydrogen-bond donors (Lipinski definition) is 2. The monoisotopic (exact) mass is 357 g/mol. The fourth-order valence-electron chi connectivity index (χ4n) is 2.95. The van der Waals surface area contributed by atoms with Gasteiger partial charge in [0.2, 0.25) is 5.95 Å². The summed E-state index contributed by atoms with van der Waals surface area (Å²) in [7, 11) is 3.02. The molecule has 2 aromatic heterocycles. The van der Waals surface area contributed by atoms with Crippen molar-refractivity contribution in [2.45, 2.75) is 26.0 Å². The molecule has 2 N–H and O–H groups in total. The van der Waals surface area contributed by atoms with Crippen LogP contribution in [0.25, 0.3) is 11.2 Å². The Bertz CT molecular complexity index is 1030. The lowest BCUT2D eigenvalue weighted by atomic mass is 10.1. The maximum atomic E-state index is 12.7. The van der Waals surface area contributed by atoms with Crippen LogP contribution >= 0.6 is 0 Å². The van der Waals surface area contributed by atoms with Crippen LogP contribution in [0.15, 0.2) is 39.9 Å². The maximum absolute atomic E-state index is 12.7. The van der Waals surface area contributed by atoms with E-state index in [9.17, 15) is 14.7 Å². The number of fused-ring (bicyclic) bond motifs is 1. The first-order chi connectivity index (χ1) is 12.5. The van der Waals surface area contributed by atoms with Crippen LogP contribution in [-0.2, 0) is 20.6 Å². The molecule has 0 saturated carbocycles. The van der Waals surface area contributed by atoms with Crippen molar-refractivity contribution in [2.24, 2.45) is 14.1 Å². The lowest BCUT2D eigenvalue weighted by Gasteiger charge is -2.15. The second-order valence-corrected chi connectivity index (χ2v) is 6.28. The largest absolute Gasteiger partial charge is 0.387 e. The zero-order valence-corrected chi connectivity index (χ0v) is 15.1. The van der Waals surface area contributed by atoms with Gasteiger partial charge in [0.15, 0.2) is 11.2 Å². The van der Waals surface area contributed by atoms with Gasteiger partial charge in [-0.2, -0.15) is 4.98 Å². The van der Waals surface area contributed by atoms with Crippen molar-refractivity contribution >= 4 is 17.1 Å². The number of nitrogens with one attached hydrogen (secondary N) is 1. The fourth-order valence-corrected chi connectivity index (χ4v) is 2.95. The van der Waals surface area contributed by atoms with Gasteiger partial charge in [0.05, 0.1) is 12.6 Å². The summed E-state index contributed by atoms with van der Waals surface area (Å²) in [6.07, 6.45) is 0.0687. The van der Waals surface area contributed by atoms with E-state index in [4.69, 9.17) is 0 Å². The first-order valence-corrected chi connectivity index (χ1v) is 8.58. The quantitative estimate of drug-likeness (QED) is 0.686. The normalized spacial score (nSPS) is 12.5. The minimum Gasteiger partial charge on any atom is -0.387 e. The third-order valence-electron chi connectivity index (χ3n) is 4.42. The molecule has 3 rings (SSSR count). The van der Waals surface area contributed by atoms with Gasteiger partial charge in [0.1, 0.15) is 0 Å². The van der Waals surface area contributed by atoms with Crippen molar-refractivity contribution in [1.29, 1.82) is 0 Å². The molecule has 0 spiro atoms. The van der Waals surface area contributed by atoms with Gasteiger partial charge in [-0.15, -0.1) is 0 Å². The van der Waals surface area contributed by atoms with Gasteiger partial charge in [-0.05, 0) is 12.0 Å². The molecular weight excluding hydrogens is 334 g/mol. The Balaban J connectivity index is 2.18. The van der Waals surface area contributed by atoms with Crippen molar-refractivity contribution < 1.29 is 5.11 Å². The third kappa shape index (κ3) is 3.03. The van der Waals surface area contributed by atoms with Crippen molar-refractivity contribution in [2.75, 3.05) is 11.9 Å². The summed E-state index contributed by atoms with van der Waals surface area (Å²) in [4.78, 5) is 29.3. The lowest BCUT2D eigenvalue weighted by Crippen LogP contribution is -2.37. The number of aliphatic hydroxyl groups excluding tert-OH is 1. The number of hydrogen-bond acceptors (Lipinski definition) is 5. The molecule has 26 heavy (non-hydrogen) atoms. The Labute approximate surface area is 150 Å². The number of nitrogens with zero attached hydrogens (tertiary/aromatic N) is 4. The van der Waals surface area contributed by atoms with Crippen LogP contribution in [-0.4, -0.2) is 30.3 Å². The molecular formula is C18H23N5O3. The molecule has 8 nitrogen and oxygen atoms in total. The minimum absolute atomic E-state index is 0.153. The van der Waals surface area contributed by atoms with Gasteiger partial charge < -0.3 is 15.0 Å². The van der Waals surface area contributed by atoms with E-state index >= 15 is 0 Å². The number of aromatic nitrogens is 4. The van der Waals surface area contributed by atoms with Crippen molar-refractivity contribution in [3.8, 4) is 0 Å². The van der Waals surface area contributed by atoms with Crippen LogP contribution in [0.5, 0.6) is 0 Å². The molecule has 2 heterocycles. The number of rotatable bonds is 6. The van der Waals surface area contributed by atoms with Crippen LogP contribution in [0.4, 0.5) is 5.95 Å². The molecule has 3 aromatic rings. The van der Waals surface area contributed by atoms with Crippen LogP contribution in [0.2, 0.25) is 0 Å². The Hall–Kier alpha value is -2.87. The average molecular weight is 357 g/mol. The van der Waals surface area contributed by atoms with Gasteiger partial charge in [-0.3, -0.25) is 13.9 Å². The maximum Gasteiger partial charge on any atom is 0.332 e. The summed E-state index contributed by atoms with van der Waals surface area (Å²) < 4.78 is 4.06. The Morgan fingerprint density at radius 1 is 1.15 bits per heavy atom. The van der Waals surface area contributed by atoms with Crippen LogP contribution in [0.1, 0.15) is 25.0 Å². The summed E-state index contributed by atoms with van der Waals surface area (Å²) in [5.41, 5.74) is 0.482. The third-order valence-corrected chi connectivity index (χ3v) is 4.42. The van der Waals surface area contributed by atoms with E-state index in [-0.39, 0.29) is 6.54 Å². The molecule has 0 saturated heterocycles. The molecule has 0 radical (unpaired) electrons. The molecule has 0 aliphatic rings. The highest BCUT2D eigenvalue weighted by molar-refractivity contribution is 5.74. The second kappa shape index (κ2) is 7.17. The van der Waals surface area contributed by atoms with Crippen LogP contribution in [0, 0.1) is 0 Å². The standard InChI is InChI=1S/C18H23N5O3/c1-4-10-19-17-20-15-14(16(25)22(3)18(26)21(15)2)23(17)11-13(24)12-8-6-5-7-9-12/h5-9,13,24H,4,10-11H2,1-3H3,(H,19,20). The topological polar surface area (TPSA) is 94.1 Å². The Morgan fingerprint density at radius 2 is 1.85 bits per heavy atom. The van der Waals surface area contributed by atoms with Gasteiger partial charge in [0, 0.05) is 20.6 Å². The highest BCUT2D eigenvalue weighted by Gasteiger charge is 2.21. The van der Waals surface area contributed by atoms with Crippen molar-refractivity contribution in [3.05, 3.63) is 56.7 Å². The number of anilines is 1. The summed E-state index contributed by atoms with van der Waals surface area (Å²) in [5.74, 6) is 0.468. The number of aryl methyl sites for hydroxylation is 1. The van der Waals surface area contributed by atoms with E-state index in [0.29, 0.717) is 23.7 Å². The van der Waals surface area contributed by atoms with E-state index < -0.39 is 17.4 Å². The molecule has 0 aliphatic carbocycles. The average Bonchev–Trinajstić information content (AvgIpc) is 3.02. The molecule has 138 valence electrons. The predicted molar refractivity (Wildman–Crippen MR) is 100 cm³/mol. The predicted octanol–water partition coefficient (Wildman–Crippen LogP) is 0.989. The van der Waals surface area contributed by atoms with Gasteiger partial charge in [0.25, 0.3) is 5.56 Å². The molecule has 8 heteroatoms. The molecule has 1 aromatic carbocycles. The minimum atomic E-state index is -0.808. The van der Waals surface area contributed by atoms with Gasteiger partial charge in [-0.1, -0.05) is 37.3 Å². The molecule has 1 atom stereocenters. The summed E-state index contributed by atoms with van der Waals surface area (Å²) in [6, 6.07) is 9.24. The number of imidazole rings is 1. The molecule has 1 unspecified atom stereocenters. The zero-order valence-electron chi connectivity index (χ0n) is 15.1. The Morgan fingerprint density at radius 3 is 2.50 bits per heavy atom. The van der Waals surface area contributed by atoms with E-state index in [1.54, 1.807) is 11.6 Å². The molecule has 0 aliphatic heterocycles. The van der Waals surface area contributed by atoms with Crippen molar-refractivity contribution in [1.82, 2.24) is 18.7 Å². The van der Waals surface area contributed by atoms with Crippen molar-refractivity contribution in [3.63, 3.8) is 0 Å². The summed E-state index contributed by atoms with van der Waals surface area (Å²) in [6.45, 7) is 2.84. The zero-order chi connectivity index (χ0) is 18.8. The SMILES string of the molecule is CCCNc1nc2c(c(=O)n(C)c(=O)n2C)n1CC(O)c1ccccc1. The smallest absolute Gasteiger partial charge is 0.332 e. The Kier molecular flexibility index (Phi) is 4.94. The van der Waals surface area contributed by atoms with E-state index in [2.05, 4.69) is 10.3 Å². The van der Waals surface area contributed by atoms with E-state index in [1.807, 2.05) is 37.3 Å². The summed E-state index contributed by atoms with van der Waals surface area (Å²) in [5, 5.41) is 13.8. The highest BCUT2D eigenvalue weighted by atomic mass is 16.3. The first kappa shape index (κ1) is 17.9. The van der Waals surface area contributed by atoms with Crippen LogP contribution < -0.4 is 16.6 Å². The first-order valence-electron chi connectivity index (χ1n) is 8.58. The number of benzene rings is 1. The molecule has 0 bridgehead atoms. The second-order valence-electron chi connectivity index (χ2n) is 6.28.